The molecule has 1 aromatic rings. The van der Waals surface area contributed by atoms with E-state index in [9.17, 15) is 4.79 Å². The maximum atomic E-state index is 13.0. The predicted octanol–water partition coefficient (Wildman–Crippen LogP) is 2.71. The summed E-state index contributed by atoms with van der Waals surface area (Å²) in [5.41, 5.74) is 8.51. The zero-order valence-electron chi connectivity index (χ0n) is 14.4. The van der Waals surface area contributed by atoms with Gasteiger partial charge < -0.3 is 15.4 Å². The molecule has 2 N–H and O–H groups in total. The molecular formula is C19H29ClN2O2. The summed E-state index contributed by atoms with van der Waals surface area (Å²) in [7, 11) is 0. The van der Waals surface area contributed by atoms with E-state index in [2.05, 4.69) is 36.1 Å². The first kappa shape index (κ1) is 19.2. The molecule has 134 valence electrons. The molecule has 24 heavy (non-hydrogen) atoms. The van der Waals surface area contributed by atoms with E-state index in [0.29, 0.717) is 12.6 Å². The highest BCUT2D eigenvalue weighted by Crippen LogP contribution is 2.27. The number of aryl methyl sites for hydroxylation is 1. The van der Waals surface area contributed by atoms with Crippen molar-refractivity contribution in [3.8, 4) is 0 Å². The smallest absolute Gasteiger partial charge is 0.251 e. The highest BCUT2D eigenvalue weighted by molar-refractivity contribution is 5.85. The van der Waals surface area contributed by atoms with Crippen LogP contribution in [0.15, 0.2) is 24.3 Å². The van der Waals surface area contributed by atoms with Crippen molar-refractivity contribution in [3.63, 3.8) is 0 Å². The minimum atomic E-state index is -0.285. The Morgan fingerprint density at radius 3 is 2.67 bits per heavy atom. The van der Waals surface area contributed by atoms with E-state index in [0.717, 1.165) is 45.1 Å². The van der Waals surface area contributed by atoms with Crippen LogP contribution in [0.3, 0.4) is 0 Å². The molecular weight excluding hydrogens is 324 g/mol. The van der Waals surface area contributed by atoms with Crippen LogP contribution in [0.5, 0.6) is 0 Å². The van der Waals surface area contributed by atoms with Gasteiger partial charge in [0.05, 0.1) is 6.10 Å². The number of carbonyl (C=O) groups is 1. The van der Waals surface area contributed by atoms with Crippen LogP contribution in [0.1, 0.15) is 43.7 Å². The minimum Gasteiger partial charge on any atom is -0.364 e. The molecule has 1 heterocycles. The average Bonchev–Trinajstić information content (AvgIpc) is 3.08. The van der Waals surface area contributed by atoms with Gasteiger partial charge in [0.1, 0.15) is 6.10 Å². The molecule has 0 aromatic heterocycles. The van der Waals surface area contributed by atoms with Gasteiger partial charge in [-0.2, -0.15) is 0 Å². The first-order chi connectivity index (χ1) is 11.2. The fraction of sp³-hybridized carbons (Fsp3) is 0.632. The lowest BCUT2D eigenvalue weighted by molar-refractivity contribution is -0.145. The van der Waals surface area contributed by atoms with Crippen molar-refractivity contribution >= 4 is 18.3 Å². The van der Waals surface area contributed by atoms with Crippen molar-refractivity contribution in [2.75, 3.05) is 13.1 Å². The van der Waals surface area contributed by atoms with E-state index in [4.69, 9.17) is 10.5 Å². The van der Waals surface area contributed by atoms with E-state index in [-0.39, 0.29) is 30.5 Å². The Kier molecular flexibility index (Phi) is 7.08. The van der Waals surface area contributed by atoms with Crippen molar-refractivity contribution in [1.29, 1.82) is 0 Å². The van der Waals surface area contributed by atoms with Gasteiger partial charge in [-0.1, -0.05) is 31.2 Å². The summed E-state index contributed by atoms with van der Waals surface area (Å²) in [6.45, 7) is 3.46. The summed E-state index contributed by atoms with van der Waals surface area (Å²) in [5.74, 6) is 0.173. The van der Waals surface area contributed by atoms with E-state index in [1.807, 2.05) is 0 Å². The number of rotatable bonds is 5. The fourth-order valence-electron chi connectivity index (χ4n) is 3.90. The van der Waals surface area contributed by atoms with Gasteiger partial charge in [-0.25, -0.2) is 0 Å². The zero-order chi connectivity index (χ0) is 16.2. The molecule has 0 bridgehead atoms. The molecule has 1 fully saturated rings. The van der Waals surface area contributed by atoms with Gasteiger partial charge in [0.2, 0.25) is 0 Å². The van der Waals surface area contributed by atoms with Crippen LogP contribution in [0.25, 0.3) is 0 Å². The molecule has 1 aliphatic carbocycles. The average molecular weight is 353 g/mol. The van der Waals surface area contributed by atoms with Crippen LogP contribution in [0.2, 0.25) is 0 Å². The Hall–Kier alpha value is -1.10. The number of fused-ring (bicyclic) bond motifs is 1. The number of hydrogen-bond donors (Lipinski definition) is 1. The number of nitrogens with zero attached hydrogens (tertiary/aromatic N) is 1. The van der Waals surface area contributed by atoms with Crippen LogP contribution >= 0.6 is 12.4 Å². The Bertz CT molecular complexity index is 552. The third-order valence-electron chi connectivity index (χ3n) is 5.16. The van der Waals surface area contributed by atoms with Crippen LogP contribution < -0.4 is 5.73 Å². The number of carbonyl (C=O) groups excluding carboxylic acids is 1. The van der Waals surface area contributed by atoms with Gasteiger partial charge in [0.25, 0.3) is 5.91 Å². The summed E-state index contributed by atoms with van der Waals surface area (Å²) >= 11 is 0. The van der Waals surface area contributed by atoms with Crippen molar-refractivity contribution in [2.45, 2.75) is 63.7 Å². The number of halogens is 1. The number of hydrogen-bond acceptors (Lipinski definition) is 3. The second kappa shape index (κ2) is 8.84. The first-order valence-electron chi connectivity index (χ1n) is 8.95. The topological polar surface area (TPSA) is 55.6 Å². The molecule has 1 amide bonds. The lowest BCUT2D eigenvalue weighted by Crippen LogP contribution is -2.48. The summed E-state index contributed by atoms with van der Waals surface area (Å²) < 4.78 is 5.84. The molecule has 1 aromatic carbocycles. The number of ether oxygens (including phenoxy) is 1. The lowest BCUT2D eigenvalue weighted by atomic mass is 9.87. The van der Waals surface area contributed by atoms with Gasteiger partial charge in [-0.3, -0.25) is 4.79 Å². The van der Waals surface area contributed by atoms with E-state index in [1.54, 1.807) is 0 Å². The van der Waals surface area contributed by atoms with Crippen LogP contribution in [0, 0.1) is 0 Å². The molecule has 0 spiro atoms. The number of amides is 1. The summed E-state index contributed by atoms with van der Waals surface area (Å²) in [4.78, 5) is 15.1. The van der Waals surface area contributed by atoms with Gasteiger partial charge in [-0.15, -0.1) is 12.4 Å². The van der Waals surface area contributed by atoms with Gasteiger partial charge in [0.15, 0.2) is 0 Å². The van der Waals surface area contributed by atoms with Gasteiger partial charge in [0, 0.05) is 19.1 Å². The minimum absolute atomic E-state index is 0. The number of nitrogens with two attached hydrogens (primary N) is 1. The Labute approximate surface area is 151 Å². The highest BCUT2D eigenvalue weighted by atomic mass is 35.5. The van der Waals surface area contributed by atoms with Crippen molar-refractivity contribution < 1.29 is 9.53 Å². The normalized spacial score (nSPS) is 25.7. The highest BCUT2D eigenvalue weighted by Gasteiger charge is 2.36. The van der Waals surface area contributed by atoms with E-state index < -0.39 is 0 Å². The summed E-state index contributed by atoms with van der Waals surface area (Å²) in [6.07, 6.45) is 5.55. The Morgan fingerprint density at radius 1 is 1.25 bits per heavy atom. The molecule has 3 atom stereocenters. The van der Waals surface area contributed by atoms with Crippen LogP contribution in [-0.2, 0) is 22.4 Å². The Balaban J connectivity index is 0.00000208. The molecule has 4 nitrogen and oxygen atoms in total. The SMILES string of the molecule is CCCN(C(=O)[C@@H]1CC[C@H](CN)O1)C1CCc2ccccc2C1.Cl. The molecule has 2 aliphatic rings. The molecule has 1 saturated heterocycles. The lowest BCUT2D eigenvalue weighted by Gasteiger charge is -2.36. The van der Waals surface area contributed by atoms with Crippen LogP contribution in [0.4, 0.5) is 0 Å². The maximum Gasteiger partial charge on any atom is 0.251 e. The second-order valence-corrected chi connectivity index (χ2v) is 6.76. The van der Waals surface area contributed by atoms with Crippen molar-refractivity contribution in [3.05, 3.63) is 35.4 Å². The predicted molar refractivity (Wildman–Crippen MR) is 98.5 cm³/mol. The van der Waals surface area contributed by atoms with Gasteiger partial charge in [-0.05, 0) is 49.7 Å². The van der Waals surface area contributed by atoms with Crippen molar-refractivity contribution in [1.82, 2.24) is 4.90 Å². The number of benzene rings is 1. The third kappa shape index (κ3) is 4.11. The van der Waals surface area contributed by atoms with Gasteiger partial charge >= 0.3 is 0 Å². The summed E-state index contributed by atoms with van der Waals surface area (Å²) in [6, 6.07) is 8.92. The van der Waals surface area contributed by atoms with E-state index >= 15 is 0 Å². The molecule has 5 heteroatoms. The maximum absolute atomic E-state index is 13.0. The van der Waals surface area contributed by atoms with E-state index in [1.165, 1.54) is 11.1 Å². The van der Waals surface area contributed by atoms with Crippen molar-refractivity contribution in [2.24, 2.45) is 5.73 Å². The monoisotopic (exact) mass is 352 g/mol. The molecule has 1 unspecified atom stereocenters. The standard InChI is InChI=1S/C19H28N2O2.ClH/c1-2-11-21(19(22)18-10-9-17(13-20)23-18)16-8-7-14-5-3-4-6-15(14)12-16;/h3-6,16-18H,2,7-13,20H2,1H3;1H/t16?,17-,18+;/m1./s1. The largest absolute Gasteiger partial charge is 0.364 e. The third-order valence-corrected chi connectivity index (χ3v) is 5.16. The molecule has 1 aliphatic heterocycles. The quantitative estimate of drug-likeness (QED) is 0.886. The first-order valence-corrected chi connectivity index (χ1v) is 8.95. The second-order valence-electron chi connectivity index (χ2n) is 6.76. The van der Waals surface area contributed by atoms with Crippen LogP contribution in [-0.4, -0.2) is 42.1 Å². The fourth-order valence-corrected chi connectivity index (χ4v) is 3.90. The molecule has 0 radical (unpaired) electrons. The molecule has 0 saturated carbocycles. The summed E-state index contributed by atoms with van der Waals surface area (Å²) in [5, 5.41) is 0. The zero-order valence-corrected chi connectivity index (χ0v) is 15.3. The molecule has 3 rings (SSSR count). The Morgan fingerprint density at radius 2 is 2.00 bits per heavy atom.